The van der Waals surface area contributed by atoms with Gasteiger partial charge in [-0.05, 0) is 43.9 Å². The summed E-state index contributed by atoms with van der Waals surface area (Å²) in [5, 5.41) is 3.56. The summed E-state index contributed by atoms with van der Waals surface area (Å²) < 4.78 is 13.9. The van der Waals surface area contributed by atoms with E-state index in [1.807, 2.05) is 12.1 Å². The highest BCUT2D eigenvalue weighted by atomic mass is 19.1. The van der Waals surface area contributed by atoms with Crippen molar-refractivity contribution in [3.8, 4) is 0 Å². The zero-order valence-electron chi connectivity index (χ0n) is 9.51. The first-order valence-electron chi connectivity index (χ1n) is 6.31. The Labute approximate surface area is 96.1 Å². The van der Waals surface area contributed by atoms with Crippen molar-refractivity contribution in [1.29, 1.82) is 0 Å². The van der Waals surface area contributed by atoms with Crippen LogP contribution in [0.25, 0.3) is 0 Å². The van der Waals surface area contributed by atoms with Crippen LogP contribution in [0, 0.1) is 5.82 Å². The summed E-state index contributed by atoms with van der Waals surface area (Å²) in [6.07, 6.45) is 5.97. The number of benzene rings is 1. The Balaban J connectivity index is 1.98. The Hall–Kier alpha value is -0.890. The number of halogens is 1. The third-order valence-corrected chi connectivity index (χ3v) is 4.38. The molecule has 1 aromatic rings. The molecule has 0 radical (unpaired) electrons. The normalized spacial score (nSPS) is 27.7. The average Bonchev–Trinajstić information content (AvgIpc) is 2.73. The van der Waals surface area contributed by atoms with Gasteiger partial charge in [-0.1, -0.05) is 24.6 Å². The van der Waals surface area contributed by atoms with Crippen molar-refractivity contribution in [2.45, 2.75) is 43.6 Å². The predicted octanol–water partition coefficient (Wildman–Crippen LogP) is 3.00. The molecule has 1 aliphatic heterocycles. The molecule has 1 saturated carbocycles. The summed E-state index contributed by atoms with van der Waals surface area (Å²) in [5.74, 6) is -0.0177. The summed E-state index contributed by atoms with van der Waals surface area (Å²) in [6, 6.07) is 7.83. The Kier molecular flexibility index (Phi) is 2.47. The maximum absolute atomic E-state index is 13.9. The van der Waals surface area contributed by atoms with Crippen LogP contribution in [0.4, 0.5) is 4.39 Å². The van der Waals surface area contributed by atoms with Gasteiger partial charge in [-0.15, -0.1) is 0 Å². The monoisotopic (exact) mass is 219 g/mol. The van der Waals surface area contributed by atoms with E-state index in [1.54, 1.807) is 12.1 Å². The molecule has 16 heavy (non-hydrogen) atoms. The topological polar surface area (TPSA) is 12.0 Å². The molecule has 1 heterocycles. The summed E-state index contributed by atoms with van der Waals surface area (Å²) in [7, 11) is 0. The second-order valence-electron chi connectivity index (χ2n) is 5.14. The standard InChI is InChI=1S/C14H18FN/c15-12-6-2-1-5-11(12)14(8-4-9-14)13-7-3-10-16-13/h1-2,5-6,13,16H,3-4,7-10H2. The highest BCUT2D eigenvalue weighted by molar-refractivity contribution is 5.32. The first-order valence-corrected chi connectivity index (χ1v) is 6.31. The van der Waals surface area contributed by atoms with E-state index in [0.29, 0.717) is 6.04 Å². The number of rotatable bonds is 2. The van der Waals surface area contributed by atoms with Crippen molar-refractivity contribution in [3.05, 3.63) is 35.6 Å². The Morgan fingerprint density at radius 1 is 1.19 bits per heavy atom. The zero-order chi connectivity index (χ0) is 11.0. The van der Waals surface area contributed by atoms with Crippen LogP contribution in [0.3, 0.4) is 0 Å². The van der Waals surface area contributed by atoms with E-state index in [4.69, 9.17) is 0 Å². The molecule has 1 saturated heterocycles. The second-order valence-corrected chi connectivity index (χ2v) is 5.14. The van der Waals surface area contributed by atoms with E-state index in [0.717, 1.165) is 24.9 Å². The Bertz CT molecular complexity index is 378. The molecule has 1 aliphatic carbocycles. The van der Waals surface area contributed by atoms with Gasteiger partial charge >= 0.3 is 0 Å². The summed E-state index contributed by atoms with van der Waals surface area (Å²) in [4.78, 5) is 0. The van der Waals surface area contributed by atoms with Gasteiger partial charge in [0.15, 0.2) is 0 Å². The van der Waals surface area contributed by atoms with E-state index in [9.17, 15) is 4.39 Å². The molecule has 1 atom stereocenters. The van der Waals surface area contributed by atoms with Gasteiger partial charge in [0.1, 0.15) is 5.82 Å². The molecule has 86 valence electrons. The molecule has 1 aromatic carbocycles. The van der Waals surface area contributed by atoms with Crippen LogP contribution in [0.5, 0.6) is 0 Å². The van der Waals surface area contributed by atoms with E-state index in [1.165, 1.54) is 19.3 Å². The van der Waals surface area contributed by atoms with Crippen LogP contribution in [0.15, 0.2) is 24.3 Å². The van der Waals surface area contributed by atoms with E-state index in [-0.39, 0.29) is 11.2 Å². The molecular formula is C14H18FN. The van der Waals surface area contributed by atoms with E-state index in [2.05, 4.69) is 5.32 Å². The Morgan fingerprint density at radius 3 is 2.56 bits per heavy atom. The van der Waals surface area contributed by atoms with E-state index >= 15 is 0 Å². The van der Waals surface area contributed by atoms with Crippen LogP contribution >= 0.6 is 0 Å². The highest BCUT2D eigenvalue weighted by Crippen LogP contribution is 2.49. The van der Waals surface area contributed by atoms with Gasteiger partial charge in [0.25, 0.3) is 0 Å². The SMILES string of the molecule is Fc1ccccc1C1(C2CCCN2)CCC1. The van der Waals surface area contributed by atoms with Gasteiger partial charge in [-0.3, -0.25) is 0 Å². The first kappa shape index (κ1) is 10.3. The van der Waals surface area contributed by atoms with Crippen LogP contribution < -0.4 is 5.32 Å². The first-order chi connectivity index (χ1) is 7.83. The fraction of sp³-hybridized carbons (Fsp3) is 0.571. The van der Waals surface area contributed by atoms with Gasteiger partial charge in [0.05, 0.1) is 0 Å². The lowest BCUT2D eigenvalue weighted by atomic mass is 9.59. The predicted molar refractivity (Wildman–Crippen MR) is 63.0 cm³/mol. The van der Waals surface area contributed by atoms with Crippen molar-refractivity contribution in [1.82, 2.24) is 5.32 Å². The highest BCUT2D eigenvalue weighted by Gasteiger charge is 2.47. The van der Waals surface area contributed by atoms with E-state index < -0.39 is 0 Å². The van der Waals surface area contributed by atoms with Gasteiger partial charge in [-0.25, -0.2) is 4.39 Å². The lowest BCUT2D eigenvalue weighted by Crippen LogP contribution is -2.50. The van der Waals surface area contributed by atoms with Crippen LogP contribution in [0.1, 0.15) is 37.7 Å². The average molecular weight is 219 g/mol. The molecule has 1 nitrogen and oxygen atoms in total. The van der Waals surface area contributed by atoms with Crippen molar-refractivity contribution in [2.24, 2.45) is 0 Å². The van der Waals surface area contributed by atoms with Crippen LogP contribution in [-0.4, -0.2) is 12.6 Å². The fourth-order valence-electron chi connectivity index (χ4n) is 3.38. The van der Waals surface area contributed by atoms with Crippen LogP contribution in [-0.2, 0) is 5.41 Å². The minimum Gasteiger partial charge on any atom is -0.313 e. The maximum atomic E-state index is 13.9. The molecular weight excluding hydrogens is 201 g/mol. The maximum Gasteiger partial charge on any atom is 0.127 e. The van der Waals surface area contributed by atoms with Crippen molar-refractivity contribution < 1.29 is 4.39 Å². The van der Waals surface area contributed by atoms with Gasteiger partial charge in [-0.2, -0.15) is 0 Å². The minimum absolute atomic E-state index is 0.0177. The smallest absolute Gasteiger partial charge is 0.127 e. The molecule has 0 spiro atoms. The molecule has 3 rings (SSSR count). The summed E-state index contributed by atoms with van der Waals surface area (Å²) in [6.45, 7) is 1.10. The molecule has 0 amide bonds. The molecule has 2 aliphatic rings. The lowest BCUT2D eigenvalue weighted by molar-refractivity contribution is 0.176. The number of nitrogens with one attached hydrogen (secondary N) is 1. The third kappa shape index (κ3) is 1.40. The number of hydrogen-bond acceptors (Lipinski definition) is 1. The summed E-state index contributed by atoms with van der Waals surface area (Å²) >= 11 is 0. The second kappa shape index (κ2) is 3.85. The van der Waals surface area contributed by atoms with Crippen molar-refractivity contribution in [2.75, 3.05) is 6.54 Å². The van der Waals surface area contributed by atoms with Crippen LogP contribution in [0.2, 0.25) is 0 Å². The zero-order valence-corrected chi connectivity index (χ0v) is 9.51. The molecule has 2 heteroatoms. The quantitative estimate of drug-likeness (QED) is 0.806. The van der Waals surface area contributed by atoms with Crippen molar-refractivity contribution in [3.63, 3.8) is 0 Å². The molecule has 1 unspecified atom stereocenters. The molecule has 2 fully saturated rings. The van der Waals surface area contributed by atoms with Gasteiger partial charge < -0.3 is 5.32 Å². The van der Waals surface area contributed by atoms with Crippen molar-refractivity contribution >= 4 is 0 Å². The Morgan fingerprint density at radius 2 is 2.00 bits per heavy atom. The molecule has 0 bridgehead atoms. The summed E-state index contributed by atoms with van der Waals surface area (Å²) in [5.41, 5.74) is 1.04. The van der Waals surface area contributed by atoms with Gasteiger partial charge in [0.2, 0.25) is 0 Å². The van der Waals surface area contributed by atoms with Gasteiger partial charge in [0, 0.05) is 11.5 Å². The fourth-order valence-corrected chi connectivity index (χ4v) is 3.38. The third-order valence-electron chi connectivity index (χ3n) is 4.38. The molecule has 0 aromatic heterocycles. The number of hydrogen-bond donors (Lipinski definition) is 1. The lowest BCUT2D eigenvalue weighted by Gasteiger charge is -2.47. The molecule has 1 N–H and O–H groups in total. The minimum atomic E-state index is -0.0177. The largest absolute Gasteiger partial charge is 0.313 e.